The number of amides is 2. The first-order valence-electron chi connectivity index (χ1n) is 12.0. The van der Waals surface area contributed by atoms with Crippen molar-refractivity contribution in [3.8, 4) is 11.1 Å². The number of carboxylic acids is 1. The van der Waals surface area contributed by atoms with Crippen LogP contribution >= 0.6 is 0 Å². The van der Waals surface area contributed by atoms with Crippen molar-refractivity contribution < 1.29 is 24.2 Å². The molecule has 180 valence electrons. The monoisotopic (exact) mass is 464 g/mol. The van der Waals surface area contributed by atoms with Crippen LogP contribution < -0.4 is 5.32 Å². The number of ether oxygens (including phenoxy) is 1. The molecule has 4 rings (SSSR count). The highest BCUT2D eigenvalue weighted by molar-refractivity contribution is 5.84. The Morgan fingerprint density at radius 3 is 2.26 bits per heavy atom. The van der Waals surface area contributed by atoms with Crippen LogP contribution in [0.15, 0.2) is 48.5 Å². The molecule has 0 saturated heterocycles. The molecule has 1 fully saturated rings. The van der Waals surface area contributed by atoms with Crippen molar-refractivity contribution in [2.24, 2.45) is 5.92 Å². The van der Waals surface area contributed by atoms with E-state index in [1.807, 2.05) is 38.1 Å². The lowest BCUT2D eigenvalue weighted by Gasteiger charge is -2.29. The molecule has 2 N–H and O–H groups in total. The zero-order valence-electron chi connectivity index (χ0n) is 19.7. The van der Waals surface area contributed by atoms with Crippen LogP contribution in [0.2, 0.25) is 0 Å². The van der Waals surface area contributed by atoms with E-state index >= 15 is 0 Å². The first-order chi connectivity index (χ1) is 16.4. The average Bonchev–Trinajstić information content (AvgIpc) is 3.43. The van der Waals surface area contributed by atoms with E-state index in [4.69, 9.17) is 4.74 Å². The number of carbonyl (C=O) groups is 3. The molecule has 7 nitrogen and oxygen atoms in total. The summed E-state index contributed by atoms with van der Waals surface area (Å²) in [5.41, 5.74) is 4.67. The molecule has 7 heteroatoms. The van der Waals surface area contributed by atoms with Crippen LogP contribution in [-0.4, -0.2) is 53.2 Å². The fraction of sp³-hybridized carbons (Fsp3) is 0.444. The summed E-state index contributed by atoms with van der Waals surface area (Å²) in [6.07, 6.45) is 1.99. The molecular weight excluding hydrogens is 432 g/mol. The number of benzene rings is 2. The fourth-order valence-electron chi connectivity index (χ4n) is 5.20. The topological polar surface area (TPSA) is 95.9 Å². The summed E-state index contributed by atoms with van der Waals surface area (Å²) < 4.78 is 5.63. The summed E-state index contributed by atoms with van der Waals surface area (Å²) in [5, 5.41) is 12.1. The van der Waals surface area contributed by atoms with Gasteiger partial charge in [-0.15, -0.1) is 0 Å². The summed E-state index contributed by atoms with van der Waals surface area (Å²) >= 11 is 0. The Morgan fingerprint density at radius 1 is 1.06 bits per heavy atom. The number of nitrogens with one attached hydrogen (secondary N) is 1. The first kappa shape index (κ1) is 23.8. The van der Waals surface area contributed by atoms with E-state index in [1.54, 1.807) is 0 Å². The van der Waals surface area contributed by atoms with Gasteiger partial charge in [0.25, 0.3) is 0 Å². The number of nitrogens with zero attached hydrogens (tertiary/aromatic N) is 1. The van der Waals surface area contributed by atoms with Crippen LogP contribution in [0.5, 0.6) is 0 Å². The van der Waals surface area contributed by atoms with Crippen molar-refractivity contribution in [2.75, 3.05) is 13.2 Å². The fourth-order valence-corrected chi connectivity index (χ4v) is 5.20. The Hall–Kier alpha value is -3.35. The van der Waals surface area contributed by atoms with Crippen molar-refractivity contribution >= 4 is 18.0 Å². The summed E-state index contributed by atoms with van der Waals surface area (Å²) in [7, 11) is 0. The molecule has 2 aliphatic rings. The molecule has 1 saturated carbocycles. The van der Waals surface area contributed by atoms with E-state index in [2.05, 4.69) is 29.6 Å². The molecule has 2 aromatic carbocycles. The van der Waals surface area contributed by atoms with Gasteiger partial charge in [0.2, 0.25) is 5.91 Å². The van der Waals surface area contributed by atoms with Gasteiger partial charge in [0, 0.05) is 23.9 Å². The van der Waals surface area contributed by atoms with Crippen molar-refractivity contribution in [3.05, 3.63) is 59.7 Å². The van der Waals surface area contributed by atoms with Crippen LogP contribution in [0.25, 0.3) is 11.1 Å². The maximum atomic E-state index is 13.0. The maximum absolute atomic E-state index is 13.0. The maximum Gasteiger partial charge on any atom is 0.407 e. The molecule has 2 aliphatic carbocycles. The van der Waals surface area contributed by atoms with Gasteiger partial charge in [-0.05, 0) is 54.9 Å². The lowest BCUT2D eigenvalue weighted by molar-refractivity contribution is -0.148. The molecular formula is C27H32N2O5. The molecule has 0 bridgehead atoms. The SMILES string of the molecule is CCC(C)N(CC(=O)O)C(=O)[C@@H]1CC[C@H](NC(=O)OCC2c3ccccc3-c3ccccc32)C1. The molecule has 3 atom stereocenters. The van der Waals surface area contributed by atoms with Gasteiger partial charge in [0.05, 0.1) is 0 Å². The van der Waals surface area contributed by atoms with Crippen molar-refractivity contribution in [3.63, 3.8) is 0 Å². The van der Waals surface area contributed by atoms with Gasteiger partial charge in [0.15, 0.2) is 0 Å². The highest BCUT2D eigenvalue weighted by Crippen LogP contribution is 2.44. The first-order valence-corrected chi connectivity index (χ1v) is 12.0. The largest absolute Gasteiger partial charge is 0.480 e. The van der Waals surface area contributed by atoms with Crippen molar-refractivity contribution in [1.29, 1.82) is 0 Å². The van der Waals surface area contributed by atoms with E-state index < -0.39 is 12.1 Å². The number of aliphatic carboxylic acids is 1. The third-order valence-corrected chi connectivity index (χ3v) is 7.16. The molecule has 0 aliphatic heterocycles. The van der Waals surface area contributed by atoms with Crippen molar-refractivity contribution in [2.45, 2.75) is 57.5 Å². The minimum atomic E-state index is -1.01. The minimum Gasteiger partial charge on any atom is -0.480 e. The number of rotatable bonds is 8. The van der Waals surface area contributed by atoms with Gasteiger partial charge in [-0.1, -0.05) is 55.5 Å². The molecule has 0 aromatic heterocycles. The van der Waals surface area contributed by atoms with Crippen LogP contribution in [-0.2, 0) is 14.3 Å². The standard InChI is InChI=1S/C27H32N2O5/c1-3-17(2)29(15-25(30)31)26(32)18-12-13-19(14-18)28-27(33)34-16-24-22-10-6-4-8-20(22)21-9-5-7-11-23(21)24/h4-11,17-19,24H,3,12-16H2,1-2H3,(H,28,33)(H,30,31)/t17?,18-,19+/m1/s1. The number of fused-ring (bicyclic) bond motifs is 3. The minimum absolute atomic E-state index is 0.00355. The smallest absolute Gasteiger partial charge is 0.407 e. The zero-order valence-corrected chi connectivity index (χ0v) is 19.7. The van der Waals surface area contributed by atoms with E-state index in [1.165, 1.54) is 16.0 Å². The lowest BCUT2D eigenvalue weighted by Crippen LogP contribution is -2.45. The average molecular weight is 465 g/mol. The summed E-state index contributed by atoms with van der Waals surface area (Å²) in [5.74, 6) is -1.45. The van der Waals surface area contributed by atoms with Crippen LogP contribution in [0, 0.1) is 5.92 Å². The van der Waals surface area contributed by atoms with Crippen LogP contribution in [0.3, 0.4) is 0 Å². The third-order valence-electron chi connectivity index (χ3n) is 7.16. The molecule has 2 amide bonds. The van der Waals surface area contributed by atoms with E-state index in [-0.39, 0.29) is 43.0 Å². The Balaban J connectivity index is 1.33. The quantitative estimate of drug-likeness (QED) is 0.604. The molecule has 2 aromatic rings. The Bertz CT molecular complexity index is 1020. The number of hydrogen-bond donors (Lipinski definition) is 2. The summed E-state index contributed by atoms with van der Waals surface area (Å²) in [4.78, 5) is 38.2. The third kappa shape index (κ3) is 4.93. The van der Waals surface area contributed by atoms with Gasteiger partial charge >= 0.3 is 12.1 Å². The van der Waals surface area contributed by atoms with Crippen LogP contribution in [0.1, 0.15) is 56.6 Å². The molecule has 0 radical (unpaired) electrons. The Labute approximate surface area is 200 Å². The van der Waals surface area contributed by atoms with E-state index in [0.717, 1.165) is 11.1 Å². The van der Waals surface area contributed by atoms with Gasteiger partial charge in [0.1, 0.15) is 13.2 Å². The van der Waals surface area contributed by atoms with E-state index in [9.17, 15) is 19.5 Å². The Morgan fingerprint density at radius 2 is 1.68 bits per heavy atom. The van der Waals surface area contributed by atoms with Gasteiger partial charge < -0.3 is 20.1 Å². The Kier molecular flexibility index (Phi) is 7.20. The lowest BCUT2D eigenvalue weighted by atomic mass is 9.98. The van der Waals surface area contributed by atoms with E-state index in [0.29, 0.717) is 25.7 Å². The predicted molar refractivity (Wildman–Crippen MR) is 128 cm³/mol. The molecule has 0 spiro atoms. The van der Waals surface area contributed by atoms with Gasteiger partial charge in [-0.3, -0.25) is 9.59 Å². The number of carboxylic acid groups (broad SMARTS) is 1. The second-order valence-corrected chi connectivity index (χ2v) is 9.29. The molecule has 1 unspecified atom stereocenters. The number of hydrogen-bond acceptors (Lipinski definition) is 4. The highest BCUT2D eigenvalue weighted by atomic mass is 16.5. The number of carbonyl (C=O) groups excluding carboxylic acids is 2. The second kappa shape index (κ2) is 10.3. The zero-order chi connectivity index (χ0) is 24.2. The highest BCUT2D eigenvalue weighted by Gasteiger charge is 2.36. The normalized spacial score (nSPS) is 19.7. The summed E-state index contributed by atoms with van der Waals surface area (Å²) in [6, 6.07) is 16.1. The molecule has 0 heterocycles. The van der Waals surface area contributed by atoms with Gasteiger partial charge in [-0.2, -0.15) is 0 Å². The van der Waals surface area contributed by atoms with Crippen molar-refractivity contribution in [1.82, 2.24) is 10.2 Å². The van der Waals surface area contributed by atoms with Gasteiger partial charge in [-0.25, -0.2) is 4.79 Å². The van der Waals surface area contributed by atoms with Crippen LogP contribution in [0.4, 0.5) is 4.79 Å². The molecule has 34 heavy (non-hydrogen) atoms. The second-order valence-electron chi connectivity index (χ2n) is 9.29. The number of alkyl carbamates (subject to hydrolysis) is 1. The summed E-state index contributed by atoms with van der Waals surface area (Å²) in [6.45, 7) is 3.75. The predicted octanol–water partition coefficient (Wildman–Crippen LogP) is 4.41.